The van der Waals surface area contributed by atoms with Crippen molar-refractivity contribution in [3.63, 3.8) is 0 Å². The number of phenolic OH excluding ortho intramolecular Hbond substituents is 1. The van der Waals surface area contributed by atoms with Gasteiger partial charge in [-0.25, -0.2) is 4.79 Å². The highest BCUT2D eigenvalue weighted by Gasteiger charge is 2.29. The predicted molar refractivity (Wildman–Crippen MR) is 84.6 cm³/mol. The van der Waals surface area contributed by atoms with Crippen molar-refractivity contribution in [2.75, 3.05) is 13.7 Å². The molecule has 0 unspecified atom stereocenters. The first-order valence-electron chi connectivity index (χ1n) is 7.79. The summed E-state index contributed by atoms with van der Waals surface area (Å²) >= 11 is 0. The van der Waals surface area contributed by atoms with E-state index in [1.807, 2.05) is 13.8 Å². The molecule has 1 heterocycles. The van der Waals surface area contributed by atoms with Crippen LogP contribution in [0.15, 0.2) is 18.2 Å². The summed E-state index contributed by atoms with van der Waals surface area (Å²) in [5.74, 6) is -0.727. The number of aromatic hydroxyl groups is 1. The number of hydrogen-bond acceptors (Lipinski definition) is 5. The Bertz CT molecular complexity index is 576. The summed E-state index contributed by atoms with van der Waals surface area (Å²) in [7, 11) is 1.46. The highest BCUT2D eigenvalue weighted by Crippen LogP contribution is 2.25. The molecule has 0 spiro atoms. The minimum atomic E-state index is -0.726. The van der Waals surface area contributed by atoms with Gasteiger partial charge in [0, 0.05) is 18.2 Å². The van der Waals surface area contributed by atoms with Crippen LogP contribution in [0.3, 0.4) is 0 Å². The van der Waals surface area contributed by atoms with Crippen LogP contribution in [0.1, 0.15) is 43.5 Å². The maximum absolute atomic E-state index is 12.3. The van der Waals surface area contributed by atoms with Gasteiger partial charge < -0.3 is 19.5 Å². The second kappa shape index (κ2) is 7.35. The molecule has 126 valence electrons. The largest absolute Gasteiger partial charge is 0.507 e. The van der Waals surface area contributed by atoms with E-state index >= 15 is 0 Å². The Morgan fingerprint density at radius 3 is 2.48 bits per heavy atom. The van der Waals surface area contributed by atoms with Crippen LogP contribution in [-0.2, 0) is 9.53 Å². The maximum atomic E-state index is 12.3. The van der Waals surface area contributed by atoms with E-state index in [4.69, 9.17) is 9.47 Å². The first kappa shape index (κ1) is 17.1. The molecule has 1 amide bonds. The number of benzene rings is 1. The number of likely N-dealkylation sites (tertiary alicyclic amines) is 1. The third-order valence-corrected chi connectivity index (χ3v) is 4.23. The molecule has 1 aliphatic heterocycles. The summed E-state index contributed by atoms with van der Waals surface area (Å²) in [5.41, 5.74) is 0.0124. The number of hydrogen-bond donors (Lipinski definition) is 1. The zero-order valence-electron chi connectivity index (χ0n) is 13.7. The van der Waals surface area contributed by atoms with Gasteiger partial charge in [-0.15, -0.1) is 0 Å². The zero-order valence-corrected chi connectivity index (χ0v) is 13.7. The van der Waals surface area contributed by atoms with E-state index in [-0.39, 0.29) is 35.9 Å². The number of amides is 1. The van der Waals surface area contributed by atoms with E-state index in [9.17, 15) is 14.7 Å². The van der Waals surface area contributed by atoms with Crippen LogP contribution >= 0.6 is 0 Å². The van der Waals surface area contributed by atoms with Gasteiger partial charge in [-0.1, -0.05) is 0 Å². The molecule has 1 aromatic carbocycles. The normalized spacial score (nSPS) is 20.9. The standard InChI is InChI=1S/C17H23NO5/c1-11-5-4-6-12(2)18(11)16(20)10-23-17(21)14-8-7-13(22-3)9-15(14)19/h7-9,11-12,19H,4-6,10H2,1-3H3/t11-,12+. The van der Waals surface area contributed by atoms with Crippen LogP contribution in [-0.4, -0.2) is 47.7 Å². The first-order chi connectivity index (χ1) is 10.9. The molecule has 0 aliphatic carbocycles. The first-order valence-corrected chi connectivity index (χ1v) is 7.79. The van der Waals surface area contributed by atoms with Crippen molar-refractivity contribution in [2.24, 2.45) is 0 Å². The monoisotopic (exact) mass is 321 g/mol. The molecular formula is C17H23NO5. The molecule has 0 aromatic heterocycles. The fourth-order valence-corrected chi connectivity index (χ4v) is 3.00. The molecule has 2 rings (SSSR count). The minimum absolute atomic E-state index is 0.0124. The number of piperidine rings is 1. The number of carbonyl (C=O) groups is 2. The molecule has 23 heavy (non-hydrogen) atoms. The van der Waals surface area contributed by atoms with Crippen LogP contribution in [0, 0.1) is 0 Å². The SMILES string of the molecule is COc1ccc(C(=O)OCC(=O)N2[C@H](C)CCC[C@@H]2C)c(O)c1. The molecule has 1 N–H and O–H groups in total. The Labute approximate surface area is 136 Å². The lowest BCUT2D eigenvalue weighted by Crippen LogP contribution is -2.49. The Hall–Kier alpha value is -2.24. The van der Waals surface area contributed by atoms with E-state index in [0.29, 0.717) is 5.75 Å². The third-order valence-electron chi connectivity index (χ3n) is 4.23. The van der Waals surface area contributed by atoms with Crippen LogP contribution in [0.2, 0.25) is 0 Å². The van der Waals surface area contributed by atoms with Gasteiger partial charge in [0.2, 0.25) is 0 Å². The van der Waals surface area contributed by atoms with Gasteiger partial charge in [-0.05, 0) is 45.2 Å². The van der Waals surface area contributed by atoms with E-state index < -0.39 is 5.97 Å². The van der Waals surface area contributed by atoms with Crippen molar-refractivity contribution in [1.82, 2.24) is 4.90 Å². The van der Waals surface area contributed by atoms with Gasteiger partial charge in [0.1, 0.15) is 17.1 Å². The van der Waals surface area contributed by atoms with Crippen LogP contribution in [0.4, 0.5) is 0 Å². The smallest absolute Gasteiger partial charge is 0.342 e. The summed E-state index contributed by atoms with van der Waals surface area (Å²) in [6.45, 7) is 3.69. The van der Waals surface area contributed by atoms with Crippen LogP contribution in [0.25, 0.3) is 0 Å². The molecule has 0 bridgehead atoms. The van der Waals surface area contributed by atoms with Crippen molar-refractivity contribution in [3.05, 3.63) is 23.8 Å². The molecule has 6 nitrogen and oxygen atoms in total. The number of nitrogens with zero attached hydrogens (tertiary/aromatic N) is 1. The summed E-state index contributed by atoms with van der Waals surface area (Å²) in [5, 5.41) is 9.81. The number of methoxy groups -OCH3 is 1. The maximum Gasteiger partial charge on any atom is 0.342 e. The van der Waals surface area contributed by atoms with Gasteiger partial charge in [-0.2, -0.15) is 0 Å². The summed E-state index contributed by atoms with van der Waals surface area (Å²) < 4.78 is 10.0. The van der Waals surface area contributed by atoms with Crippen LogP contribution in [0.5, 0.6) is 11.5 Å². The van der Waals surface area contributed by atoms with Gasteiger partial charge in [0.25, 0.3) is 5.91 Å². The van der Waals surface area contributed by atoms with E-state index in [2.05, 4.69) is 0 Å². The van der Waals surface area contributed by atoms with Gasteiger partial charge in [0.15, 0.2) is 6.61 Å². The lowest BCUT2D eigenvalue weighted by Gasteiger charge is -2.38. The Morgan fingerprint density at radius 2 is 1.91 bits per heavy atom. The van der Waals surface area contributed by atoms with Crippen molar-refractivity contribution in [2.45, 2.75) is 45.2 Å². The van der Waals surface area contributed by atoms with Crippen molar-refractivity contribution in [3.8, 4) is 11.5 Å². The van der Waals surface area contributed by atoms with E-state index in [0.717, 1.165) is 19.3 Å². The molecule has 1 saturated heterocycles. The van der Waals surface area contributed by atoms with Gasteiger partial charge in [0.05, 0.1) is 7.11 Å². The number of ether oxygens (including phenoxy) is 2. The third kappa shape index (κ3) is 3.94. The number of rotatable bonds is 4. The predicted octanol–water partition coefficient (Wildman–Crippen LogP) is 2.35. The van der Waals surface area contributed by atoms with Gasteiger partial charge >= 0.3 is 5.97 Å². The molecular weight excluding hydrogens is 298 g/mol. The average Bonchev–Trinajstić information content (AvgIpc) is 2.52. The van der Waals surface area contributed by atoms with E-state index in [1.54, 1.807) is 11.0 Å². The van der Waals surface area contributed by atoms with Crippen molar-refractivity contribution >= 4 is 11.9 Å². The Morgan fingerprint density at radius 1 is 1.26 bits per heavy atom. The topological polar surface area (TPSA) is 76.1 Å². The number of carbonyl (C=O) groups excluding carboxylic acids is 2. The Kier molecular flexibility index (Phi) is 5.47. The molecule has 6 heteroatoms. The minimum Gasteiger partial charge on any atom is -0.507 e. The molecule has 0 radical (unpaired) electrons. The lowest BCUT2D eigenvalue weighted by atomic mass is 9.97. The second-order valence-corrected chi connectivity index (χ2v) is 5.89. The fraction of sp³-hybridized carbons (Fsp3) is 0.529. The molecule has 2 atom stereocenters. The summed E-state index contributed by atoms with van der Waals surface area (Å²) in [6.07, 6.45) is 3.03. The number of phenols is 1. The van der Waals surface area contributed by atoms with Crippen LogP contribution < -0.4 is 4.74 Å². The molecule has 0 saturated carbocycles. The highest BCUT2D eigenvalue weighted by atomic mass is 16.5. The summed E-state index contributed by atoms with van der Waals surface area (Å²) in [6, 6.07) is 4.59. The fourth-order valence-electron chi connectivity index (χ4n) is 3.00. The van der Waals surface area contributed by atoms with Gasteiger partial charge in [-0.3, -0.25) is 4.79 Å². The molecule has 1 fully saturated rings. The number of esters is 1. The van der Waals surface area contributed by atoms with Crippen molar-refractivity contribution in [1.29, 1.82) is 0 Å². The Balaban J connectivity index is 1.97. The highest BCUT2D eigenvalue weighted by molar-refractivity contribution is 5.94. The average molecular weight is 321 g/mol. The summed E-state index contributed by atoms with van der Waals surface area (Å²) in [4.78, 5) is 26.1. The van der Waals surface area contributed by atoms with E-state index in [1.165, 1.54) is 19.2 Å². The lowest BCUT2D eigenvalue weighted by molar-refractivity contribution is -0.140. The molecule has 1 aliphatic rings. The van der Waals surface area contributed by atoms with Crippen molar-refractivity contribution < 1.29 is 24.2 Å². The zero-order chi connectivity index (χ0) is 17.0. The molecule has 1 aromatic rings. The quantitative estimate of drug-likeness (QED) is 0.862. The second-order valence-electron chi connectivity index (χ2n) is 5.89.